The summed E-state index contributed by atoms with van der Waals surface area (Å²) in [5, 5.41) is 3.77. The third-order valence-electron chi connectivity index (χ3n) is 4.76. The van der Waals surface area contributed by atoms with Crippen LogP contribution in [0.15, 0.2) is 0 Å². The van der Waals surface area contributed by atoms with Crippen molar-refractivity contribution in [2.45, 2.75) is 71.7 Å². The lowest BCUT2D eigenvalue weighted by atomic mass is 9.92. The first kappa shape index (κ1) is 15.3. The first-order valence-corrected chi connectivity index (χ1v) is 8.09. The Balaban J connectivity index is 2.04. The lowest BCUT2D eigenvalue weighted by Gasteiger charge is -2.46. The first-order chi connectivity index (χ1) is 8.99. The Morgan fingerprint density at radius 1 is 1.26 bits per heavy atom. The second kappa shape index (κ2) is 6.55. The van der Waals surface area contributed by atoms with Crippen molar-refractivity contribution in [2.24, 2.45) is 11.8 Å². The minimum atomic E-state index is 0.402. The van der Waals surface area contributed by atoms with Crippen LogP contribution in [0.2, 0.25) is 0 Å². The average Bonchev–Trinajstić information content (AvgIpc) is 2.74. The van der Waals surface area contributed by atoms with E-state index >= 15 is 0 Å². The molecule has 2 heterocycles. The monoisotopic (exact) mass is 268 g/mol. The molecule has 0 aromatic carbocycles. The Hall–Kier alpha value is -0.120. The van der Waals surface area contributed by atoms with Crippen LogP contribution in [0.5, 0.6) is 0 Å². The number of hydrogen-bond acceptors (Lipinski definition) is 3. The Bertz CT molecular complexity index is 278. The summed E-state index contributed by atoms with van der Waals surface area (Å²) in [5.41, 5.74) is 0. The maximum Gasteiger partial charge on any atom is 0.0703 e. The van der Waals surface area contributed by atoms with E-state index in [2.05, 4.69) is 44.8 Å². The topological polar surface area (TPSA) is 24.5 Å². The Morgan fingerprint density at radius 3 is 2.53 bits per heavy atom. The molecule has 19 heavy (non-hydrogen) atoms. The molecule has 1 N–H and O–H groups in total. The van der Waals surface area contributed by atoms with E-state index < -0.39 is 0 Å². The fourth-order valence-corrected chi connectivity index (χ4v) is 3.74. The summed E-state index contributed by atoms with van der Waals surface area (Å²) in [6, 6.07) is 1.95. The predicted molar refractivity (Wildman–Crippen MR) is 80.4 cm³/mol. The molecule has 2 aliphatic heterocycles. The van der Waals surface area contributed by atoms with Gasteiger partial charge in [0.15, 0.2) is 0 Å². The van der Waals surface area contributed by atoms with Crippen molar-refractivity contribution in [3.63, 3.8) is 0 Å². The molecule has 4 unspecified atom stereocenters. The van der Waals surface area contributed by atoms with E-state index in [1.54, 1.807) is 0 Å². The van der Waals surface area contributed by atoms with E-state index in [-0.39, 0.29) is 0 Å². The Labute approximate surface area is 119 Å². The van der Waals surface area contributed by atoms with Crippen LogP contribution < -0.4 is 5.32 Å². The molecule has 0 bridgehead atoms. The van der Waals surface area contributed by atoms with Gasteiger partial charge in [0, 0.05) is 37.8 Å². The SMILES string of the molecule is CC(C)CC1CN(C2CCOC2C)C(C(C)C)CN1. The fraction of sp³-hybridized carbons (Fsp3) is 1.00. The normalized spacial score (nSPS) is 37.4. The van der Waals surface area contributed by atoms with Crippen molar-refractivity contribution in [2.75, 3.05) is 19.7 Å². The average molecular weight is 268 g/mol. The van der Waals surface area contributed by atoms with Gasteiger partial charge in [0.1, 0.15) is 0 Å². The highest BCUT2D eigenvalue weighted by Crippen LogP contribution is 2.27. The van der Waals surface area contributed by atoms with Gasteiger partial charge in [-0.1, -0.05) is 27.7 Å². The van der Waals surface area contributed by atoms with E-state index in [1.807, 2.05) is 0 Å². The molecular formula is C16H32N2O. The van der Waals surface area contributed by atoms with Crippen molar-refractivity contribution in [1.29, 1.82) is 0 Å². The van der Waals surface area contributed by atoms with Crippen LogP contribution in [0.25, 0.3) is 0 Å². The highest BCUT2D eigenvalue weighted by molar-refractivity contribution is 4.94. The quantitative estimate of drug-likeness (QED) is 0.848. The standard InChI is InChI=1S/C16H32N2O/c1-11(2)8-14-10-18(15-6-7-19-13(15)5)16(9-17-14)12(3)4/h11-17H,6-10H2,1-5H3. The minimum absolute atomic E-state index is 0.402. The van der Waals surface area contributed by atoms with Crippen LogP contribution in [0, 0.1) is 11.8 Å². The van der Waals surface area contributed by atoms with Gasteiger partial charge in [0.25, 0.3) is 0 Å². The van der Waals surface area contributed by atoms with Gasteiger partial charge in [-0.15, -0.1) is 0 Å². The number of nitrogens with one attached hydrogen (secondary N) is 1. The zero-order chi connectivity index (χ0) is 14.0. The van der Waals surface area contributed by atoms with Gasteiger partial charge in [-0.2, -0.15) is 0 Å². The third kappa shape index (κ3) is 3.71. The Kier molecular flexibility index (Phi) is 5.27. The molecule has 0 amide bonds. The van der Waals surface area contributed by atoms with Gasteiger partial charge in [-0.05, 0) is 31.6 Å². The maximum absolute atomic E-state index is 5.80. The summed E-state index contributed by atoms with van der Waals surface area (Å²) in [6.07, 6.45) is 2.89. The number of ether oxygens (including phenoxy) is 1. The molecule has 0 radical (unpaired) electrons. The molecule has 3 nitrogen and oxygen atoms in total. The van der Waals surface area contributed by atoms with E-state index in [1.165, 1.54) is 19.4 Å². The van der Waals surface area contributed by atoms with E-state index in [0.29, 0.717) is 30.1 Å². The summed E-state index contributed by atoms with van der Waals surface area (Å²) in [4.78, 5) is 2.76. The molecular weight excluding hydrogens is 236 g/mol. The second-order valence-electron chi connectivity index (χ2n) is 7.17. The van der Waals surface area contributed by atoms with Crippen LogP contribution in [0.4, 0.5) is 0 Å². The number of hydrogen-bond donors (Lipinski definition) is 1. The number of nitrogens with zero attached hydrogens (tertiary/aromatic N) is 1. The minimum Gasteiger partial charge on any atom is -0.377 e. The highest BCUT2D eigenvalue weighted by atomic mass is 16.5. The van der Waals surface area contributed by atoms with Gasteiger partial charge in [-0.25, -0.2) is 0 Å². The van der Waals surface area contributed by atoms with Gasteiger partial charge in [0.2, 0.25) is 0 Å². The molecule has 4 atom stereocenters. The van der Waals surface area contributed by atoms with E-state index in [0.717, 1.165) is 19.1 Å². The smallest absolute Gasteiger partial charge is 0.0703 e. The Morgan fingerprint density at radius 2 is 2.00 bits per heavy atom. The molecule has 0 aromatic heterocycles. The molecule has 112 valence electrons. The van der Waals surface area contributed by atoms with Crippen LogP contribution in [-0.4, -0.2) is 48.8 Å². The van der Waals surface area contributed by atoms with Gasteiger partial charge in [0.05, 0.1) is 6.10 Å². The van der Waals surface area contributed by atoms with Gasteiger partial charge < -0.3 is 10.1 Å². The van der Waals surface area contributed by atoms with Crippen LogP contribution in [0.1, 0.15) is 47.5 Å². The van der Waals surface area contributed by atoms with Gasteiger partial charge >= 0.3 is 0 Å². The predicted octanol–water partition coefficient (Wildman–Crippen LogP) is 2.51. The van der Waals surface area contributed by atoms with Crippen molar-refractivity contribution >= 4 is 0 Å². The lowest BCUT2D eigenvalue weighted by molar-refractivity contribution is 0.0140. The molecule has 2 aliphatic rings. The molecule has 2 rings (SSSR count). The molecule has 0 aliphatic carbocycles. The zero-order valence-electron chi connectivity index (χ0n) is 13.4. The summed E-state index contributed by atoms with van der Waals surface area (Å²) >= 11 is 0. The van der Waals surface area contributed by atoms with Crippen molar-refractivity contribution in [1.82, 2.24) is 10.2 Å². The van der Waals surface area contributed by atoms with E-state index in [9.17, 15) is 0 Å². The van der Waals surface area contributed by atoms with Crippen LogP contribution in [-0.2, 0) is 4.74 Å². The van der Waals surface area contributed by atoms with Crippen molar-refractivity contribution in [3.8, 4) is 0 Å². The summed E-state index contributed by atoms with van der Waals surface area (Å²) in [5.74, 6) is 1.48. The van der Waals surface area contributed by atoms with Crippen LogP contribution in [0.3, 0.4) is 0 Å². The summed E-state index contributed by atoms with van der Waals surface area (Å²) < 4.78 is 5.80. The summed E-state index contributed by atoms with van der Waals surface area (Å²) in [6.45, 7) is 14.9. The summed E-state index contributed by atoms with van der Waals surface area (Å²) in [7, 11) is 0. The molecule has 2 fully saturated rings. The zero-order valence-corrected chi connectivity index (χ0v) is 13.4. The highest BCUT2D eigenvalue weighted by Gasteiger charge is 2.38. The lowest BCUT2D eigenvalue weighted by Crippen LogP contribution is -2.62. The van der Waals surface area contributed by atoms with Gasteiger partial charge in [-0.3, -0.25) is 4.90 Å². The third-order valence-corrected chi connectivity index (χ3v) is 4.76. The molecule has 0 saturated carbocycles. The fourth-order valence-electron chi connectivity index (χ4n) is 3.74. The van der Waals surface area contributed by atoms with Crippen molar-refractivity contribution < 1.29 is 4.74 Å². The van der Waals surface area contributed by atoms with E-state index in [4.69, 9.17) is 4.74 Å². The largest absolute Gasteiger partial charge is 0.377 e. The number of rotatable bonds is 4. The second-order valence-corrected chi connectivity index (χ2v) is 7.17. The van der Waals surface area contributed by atoms with Crippen LogP contribution >= 0.6 is 0 Å². The molecule has 0 spiro atoms. The molecule has 3 heteroatoms. The first-order valence-electron chi connectivity index (χ1n) is 8.09. The molecule has 0 aromatic rings. The number of piperazine rings is 1. The molecule has 2 saturated heterocycles. The van der Waals surface area contributed by atoms with Crippen molar-refractivity contribution in [3.05, 3.63) is 0 Å². The maximum atomic E-state index is 5.80.